The van der Waals surface area contributed by atoms with E-state index < -0.39 is 0 Å². The lowest BCUT2D eigenvalue weighted by Crippen LogP contribution is -2.39. The number of unbranched alkanes of at least 4 members (excludes halogenated alkanes) is 1. The van der Waals surface area contributed by atoms with Gasteiger partial charge in [0.1, 0.15) is 11.5 Å². The number of nitrogens with zero attached hydrogens (tertiary/aromatic N) is 1. The van der Waals surface area contributed by atoms with Crippen molar-refractivity contribution >= 4 is 5.97 Å². The van der Waals surface area contributed by atoms with Crippen LogP contribution in [0.2, 0.25) is 0 Å². The van der Waals surface area contributed by atoms with Gasteiger partial charge in [-0.15, -0.1) is 0 Å². The summed E-state index contributed by atoms with van der Waals surface area (Å²) in [5.41, 5.74) is 0. The van der Waals surface area contributed by atoms with Crippen LogP contribution in [0.5, 0.6) is 11.5 Å². The summed E-state index contributed by atoms with van der Waals surface area (Å²) in [6.45, 7) is 8.58. The average molecular weight is 349 g/mol. The Labute approximate surface area is 151 Å². The molecule has 25 heavy (non-hydrogen) atoms. The molecule has 1 saturated heterocycles. The van der Waals surface area contributed by atoms with Gasteiger partial charge in [0.25, 0.3) is 0 Å². The molecule has 0 radical (unpaired) electrons. The summed E-state index contributed by atoms with van der Waals surface area (Å²) in [5, 5.41) is 0. The smallest absolute Gasteiger partial charge is 0.310 e. The highest BCUT2D eigenvalue weighted by molar-refractivity contribution is 5.72. The van der Waals surface area contributed by atoms with E-state index in [0.717, 1.165) is 56.8 Å². The van der Waals surface area contributed by atoms with Gasteiger partial charge >= 0.3 is 5.97 Å². The van der Waals surface area contributed by atoms with Crippen LogP contribution >= 0.6 is 0 Å². The molecular weight excluding hydrogens is 318 g/mol. The zero-order valence-electron chi connectivity index (χ0n) is 15.5. The highest BCUT2D eigenvalue weighted by Crippen LogP contribution is 2.20. The summed E-state index contributed by atoms with van der Waals surface area (Å²) in [7, 11) is 0. The van der Waals surface area contributed by atoms with Crippen molar-refractivity contribution in [1.29, 1.82) is 0 Å². The summed E-state index contributed by atoms with van der Waals surface area (Å²) in [4.78, 5) is 14.2. The van der Waals surface area contributed by atoms with Gasteiger partial charge in [0.05, 0.1) is 25.7 Å². The van der Waals surface area contributed by atoms with E-state index in [1.165, 1.54) is 0 Å². The van der Waals surface area contributed by atoms with Crippen LogP contribution in [0.15, 0.2) is 24.3 Å². The SMILES string of the molecule is CCOC(=O)[C@@H]1CCCN(CCCCOc2cccc(OCC)c2)C1. The van der Waals surface area contributed by atoms with Gasteiger partial charge < -0.3 is 19.1 Å². The second kappa shape index (κ2) is 11.0. The molecule has 0 aromatic heterocycles. The number of hydrogen-bond acceptors (Lipinski definition) is 5. The average Bonchev–Trinajstić information content (AvgIpc) is 2.62. The Morgan fingerprint density at radius 2 is 1.96 bits per heavy atom. The number of hydrogen-bond donors (Lipinski definition) is 0. The zero-order chi connectivity index (χ0) is 17.9. The third-order valence-corrected chi connectivity index (χ3v) is 4.38. The molecule has 0 unspecified atom stereocenters. The van der Waals surface area contributed by atoms with Gasteiger partial charge in [0.2, 0.25) is 0 Å². The van der Waals surface area contributed by atoms with Gasteiger partial charge in [-0.05, 0) is 64.8 Å². The first-order valence-corrected chi connectivity index (χ1v) is 9.47. The van der Waals surface area contributed by atoms with Crippen molar-refractivity contribution < 1.29 is 19.0 Å². The minimum atomic E-state index is -0.0373. The summed E-state index contributed by atoms with van der Waals surface area (Å²) >= 11 is 0. The largest absolute Gasteiger partial charge is 0.494 e. The fourth-order valence-electron chi connectivity index (χ4n) is 3.16. The molecule has 140 valence electrons. The molecule has 1 heterocycles. The number of ether oxygens (including phenoxy) is 3. The van der Waals surface area contributed by atoms with Crippen LogP contribution in [-0.4, -0.2) is 50.3 Å². The monoisotopic (exact) mass is 349 g/mol. The number of carbonyl (C=O) groups excluding carboxylic acids is 1. The zero-order valence-corrected chi connectivity index (χ0v) is 15.5. The maximum Gasteiger partial charge on any atom is 0.310 e. The van der Waals surface area contributed by atoms with Gasteiger partial charge in [-0.1, -0.05) is 6.07 Å². The molecule has 0 spiro atoms. The highest BCUT2D eigenvalue weighted by atomic mass is 16.5. The van der Waals surface area contributed by atoms with Crippen molar-refractivity contribution in [3.8, 4) is 11.5 Å². The van der Waals surface area contributed by atoms with Crippen molar-refractivity contribution in [3.05, 3.63) is 24.3 Å². The van der Waals surface area contributed by atoms with Crippen LogP contribution < -0.4 is 9.47 Å². The van der Waals surface area contributed by atoms with Crippen molar-refractivity contribution in [2.45, 2.75) is 39.5 Å². The predicted octanol–water partition coefficient (Wildman–Crippen LogP) is 3.52. The van der Waals surface area contributed by atoms with E-state index in [1.807, 2.05) is 38.1 Å². The van der Waals surface area contributed by atoms with Gasteiger partial charge in [0.15, 0.2) is 0 Å². The topological polar surface area (TPSA) is 48.0 Å². The molecule has 1 aromatic carbocycles. The van der Waals surface area contributed by atoms with Gasteiger partial charge in [-0.3, -0.25) is 4.79 Å². The fraction of sp³-hybridized carbons (Fsp3) is 0.650. The van der Waals surface area contributed by atoms with Crippen molar-refractivity contribution in [1.82, 2.24) is 4.90 Å². The van der Waals surface area contributed by atoms with E-state index in [4.69, 9.17) is 14.2 Å². The maximum atomic E-state index is 11.9. The lowest BCUT2D eigenvalue weighted by Gasteiger charge is -2.31. The number of benzene rings is 1. The molecule has 0 saturated carbocycles. The minimum Gasteiger partial charge on any atom is -0.494 e. The highest BCUT2D eigenvalue weighted by Gasteiger charge is 2.26. The minimum absolute atomic E-state index is 0.0373. The molecular formula is C20H31NO4. The second-order valence-corrected chi connectivity index (χ2v) is 6.36. The fourth-order valence-corrected chi connectivity index (χ4v) is 3.16. The standard InChI is InChI=1S/C20H31NO4/c1-3-23-18-10-7-11-19(15-18)25-14-6-5-12-21-13-8-9-17(16-21)20(22)24-4-2/h7,10-11,15,17H,3-6,8-9,12-14,16H2,1-2H3/t17-/m1/s1. The Kier molecular flexibility index (Phi) is 8.60. The number of rotatable bonds is 10. The molecule has 1 aromatic rings. The third-order valence-electron chi connectivity index (χ3n) is 4.38. The van der Waals surface area contributed by atoms with Gasteiger partial charge in [-0.25, -0.2) is 0 Å². The summed E-state index contributed by atoms with van der Waals surface area (Å²) in [6, 6.07) is 7.77. The molecule has 1 aliphatic heterocycles. The number of esters is 1. The lowest BCUT2D eigenvalue weighted by atomic mass is 9.98. The van der Waals surface area contributed by atoms with Crippen LogP contribution in [0.1, 0.15) is 39.5 Å². The molecule has 1 aliphatic rings. The normalized spacial score (nSPS) is 17.9. The molecule has 5 nitrogen and oxygen atoms in total. The Hall–Kier alpha value is -1.75. The van der Waals surface area contributed by atoms with E-state index in [1.54, 1.807) is 0 Å². The van der Waals surface area contributed by atoms with Crippen molar-refractivity contribution in [3.63, 3.8) is 0 Å². The van der Waals surface area contributed by atoms with Crippen molar-refractivity contribution in [2.75, 3.05) is 39.5 Å². The Balaban J connectivity index is 1.62. The molecule has 1 fully saturated rings. The third kappa shape index (κ3) is 6.94. The lowest BCUT2D eigenvalue weighted by molar-refractivity contribution is -0.149. The van der Waals surface area contributed by atoms with E-state index in [9.17, 15) is 4.79 Å². The van der Waals surface area contributed by atoms with Gasteiger partial charge in [0, 0.05) is 12.6 Å². The van der Waals surface area contributed by atoms with E-state index in [0.29, 0.717) is 19.8 Å². The van der Waals surface area contributed by atoms with Crippen LogP contribution in [0.4, 0.5) is 0 Å². The molecule has 5 heteroatoms. The first-order valence-electron chi connectivity index (χ1n) is 9.47. The van der Waals surface area contributed by atoms with E-state index >= 15 is 0 Å². The second-order valence-electron chi connectivity index (χ2n) is 6.36. The van der Waals surface area contributed by atoms with E-state index in [-0.39, 0.29) is 11.9 Å². The van der Waals surface area contributed by atoms with Crippen molar-refractivity contribution in [2.24, 2.45) is 5.92 Å². The molecule has 0 aliphatic carbocycles. The van der Waals surface area contributed by atoms with Crippen LogP contribution in [0, 0.1) is 5.92 Å². The first kappa shape index (κ1) is 19.6. The Bertz CT molecular complexity index is 520. The molecule has 2 rings (SSSR count). The number of carbonyl (C=O) groups is 1. The number of piperidine rings is 1. The Morgan fingerprint density at radius 1 is 1.16 bits per heavy atom. The van der Waals surface area contributed by atoms with E-state index in [2.05, 4.69) is 4.90 Å². The molecule has 1 atom stereocenters. The van der Waals surface area contributed by atoms with Gasteiger partial charge in [-0.2, -0.15) is 0 Å². The molecule has 0 amide bonds. The number of likely N-dealkylation sites (tertiary alicyclic amines) is 1. The summed E-state index contributed by atoms with van der Waals surface area (Å²) < 4.78 is 16.4. The Morgan fingerprint density at radius 3 is 2.72 bits per heavy atom. The quantitative estimate of drug-likeness (QED) is 0.478. The first-order chi connectivity index (χ1) is 12.2. The molecule has 0 N–H and O–H groups in total. The summed E-state index contributed by atoms with van der Waals surface area (Å²) in [5.74, 6) is 1.71. The molecule has 0 bridgehead atoms. The summed E-state index contributed by atoms with van der Waals surface area (Å²) in [6.07, 6.45) is 4.10. The van der Waals surface area contributed by atoms with Crippen LogP contribution in [0.25, 0.3) is 0 Å². The predicted molar refractivity (Wildman–Crippen MR) is 98.1 cm³/mol. The maximum absolute atomic E-state index is 11.9. The van der Waals surface area contributed by atoms with Crippen LogP contribution in [-0.2, 0) is 9.53 Å². The van der Waals surface area contributed by atoms with Crippen LogP contribution in [0.3, 0.4) is 0 Å².